The van der Waals surface area contributed by atoms with Crippen molar-refractivity contribution in [2.45, 2.75) is 12.7 Å². The van der Waals surface area contributed by atoms with Crippen LogP contribution in [0.3, 0.4) is 0 Å². The Balaban J connectivity index is 1.68. The summed E-state index contributed by atoms with van der Waals surface area (Å²) in [5.74, 6) is -0.393. The van der Waals surface area contributed by atoms with Crippen molar-refractivity contribution in [3.63, 3.8) is 0 Å². The number of halogens is 3. The molecule has 0 unspecified atom stereocenters. The normalized spacial score (nSPS) is 11.3. The van der Waals surface area contributed by atoms with Crippen molar-refractivity contribution in [1.29, 1.82) is 0 Å². The van der Waals surface area contributed by atoms with Gasteiger partial charge in [-0.25, -0.2) is 4.98 Å². The summed E-state index contributed by atoms with van der Waals surface area (Å²) < 4.78 is 38.2. The summed E-state index contributed by atoms with van der Waals surface area (Å²) in [7, 11) is 0. The molecule has 0 spiro atoms. The fourth-order valence-corrected chi connectivity index (χ4v) is 3.14. The number of nitrogens with zero attached hydrogens (tertiary/aromatic N) is 1. The van der Waals surface area contributed by atoms with Gasteiger partial charge in [-0.3, -0.25) is 4.79 Å². The summed E-state index contributed by atoms with van der Waals surface area (Å²) in [5.41, 5.74) is 6.75. The predicted octanol–water partition coefficient (Wildman–Crippen LogP) is 4.34. The smallest absolute Gasteiger partial charge is 0.399 e. The first kappa shape index (κ1) is 17.9. The van der Waals surface area contributed by atoms with Gasteiger partial charge >= 0.3 is 6.18 Å². The molecule has 0 saturated carbocycles. The third-order valence-corrected chi connectivity index (χ3v) is 4.62. The number of aromatic nitrogens is 1. The van der Waals surface area contributed by atoms with Gasteiger partial charge in [0.15, 0.2) is 0 Å². The van der Waals surface area contributed by atoms with Gasteiger partial charge in [0.1, 0.15) is 9.88 Å². The molecule has 134 valence electrons. The van der Waals surface area contributed by atoms with E-state index in [0.717, 1.165) is 17.7 Å². The van der Waals surface area contributed by atoms with Gasteiger partial charge in [0.2, 0.25) is 0 Å². The summed E-state index contributed by atoms with van der Waals surface area (Å²) in [5, 5.41) is 3.25. The molecule has 2 aromatic carbocycles. The van der Waals surface area contributed by atoms with E-state index in [0.29, 0.717) is 21.1 Å². The van der Waals surface area contributed by atoms with Crippen LogP contribution in [0.1, 0.15) is 20.8 Å². The minimum absolute atomic E-state index is 0.00568. The number of nitrogens with one attached hydrogen (secondary N) is 1. The van der Waals surface area contributed by atoms with Crippen molar-refractivity contribution in [3.8, 4) is 10.6 Å². The summed E-state index contributed by atoms with van der Waals surface area (Å²) in [6.07, 6.45) is -2.98. The highest BCUT2D eigenvalue weighted by atomic mass is 32.1. The largest absolute Gasteiger partial charge is 0.416 e. The molecule has 0 atom stereocenters. The molecule has 4 nitrogen and oxygen atoms in total. The van der Waals surface area contributed by atoms with Crippen LogP contribution in [-0.2, 0) is 12.7 Å². The van der Waals surface area contributed by atoms with Gasteiger partial charge in [0.05, 0.1) is 11.8 Å². The van der Waals surface area contributed by atoms with Crippen molar-refractivity contribution in [2.75, 3.05) is 5.73 Å². The Morgan fingerprint density at radius 3 is 2.65 bits per heavy atom. The van der Waals surface area contributed by atoms with E-state index in [-0.39, 0.29) is 6.54 Å². The Morgan fingerprint density at radius 2 is 1.92 bits per heavy atom. The van der Waals surface area contributed by atoms with Gasteiger partial charge in [0.25, 0.3) is 5.91 Å². The maximum atomic E-state index is 12.7. The van der Waals surface area contributed by atoms with Crippen LogP contribution in [0, 0.1) is 0 Å². The summed E-state index contributed by atoms with van der Waals surface area (Å²) in [6, 6.07) is 12.0. The Bertz CT molecular complexity index is 937. The minimum Gasteiger partial charge on any atom is -0.399 e. The van der Waals surface area contributed by atoms with Crippen LogP contribution >= 0.6 is 11.3 Å². The van der Waals surface area contributed by atoms with Gasteiger partial charge in [0, 0.05) is 17.8 Å². The number of nitrogen functional groups attached to an aromatic ring is 1. The number of nitrogens with two attached hydrogens (primary N) is 1. The molecule has 1 amide bonds. The molecule has 0 aliphatic carbocycles. The number of hydrogen-bond donors (Lipinski definition) is 2. The van der Waals surface area contributed by atoms with Crippen LogP contribution in [0.15, 0.2) is 54.7 Å². The van der Waals surface area contributed by atoms with Crippen molar-refractivity contribution in [2.24, 2.45) is 0 Å². The maximum Gasteiger partial charge on any atom is 0.416 e. The zero-order valence-electron chi connectivity index (χ0n) is 13.4. The van der Waals surface area contributed by atoms with E-state index in [1.807, 2.05) is 6.07 Å². The Morgan fingerprint density at radius 1 is 1.15 bits per heavy atom. The van der Waals surface area contributed by atoms with Crippen molar-refractivity contribution < 1.29 is 18.0 Å². The molecule has 0 aliphatic heterocycles. The fourth-order valence-electron chi connectivity index (χ4n) is 2.31. The molecule has 0 fully saturated rings. The second-order valence-electron chi connectivity index (χ2n) is 5.54. The van der Waals surface area contributed by atoms with Crippen molar-refractivity contribution in [3.05, 3.63) is 70.7 Å². The second kappa shape index (κ2) is 7.17. The van der Waals surface area contributed by atoms with E-state index < -0.39 is 17.6 Å². The van der Waals surface area contributed by atoms with Crippen LogP contribution in [0.5, 0.6) is 0 Å². The lowest BCUT2D eigenvalue weighted by atomic mass is 10.1. The second-order valence-corrected chi connectivity index (χ2v) is 6.57. The number of rotatable bonds is 4. The highest BCUT2D eigenvalue weighted by Gasteiger charge is 2.30. The van der Waals surface area contributed by atoms with Crippen LogP contribution in [-0.4, -0.2) is 10.9 Å². The molecule has 26 heavy (non-hydrogen) atoms. The summed E-state index contributed by atoms with van der Waals surface area (Å²) in [6.45, 7) is -0.00568. The number of carbonyl (C=O) groups is 1. The summed E-state index contributed by atoms with van der Waals surface area (Å²) >= 11 is 1.19. The van der Waals surface area contributed by atoms with Crippen LogP contribution < -0.4 is 11.1 Å². The first-order valence-corrected chi connectivity index (χ1v) is 8.40. The van der Waals surface area contributed by atoms with Gasteiger partial charge in [-0.05, 0) is 29.8 Å². The molecule has 0 aliphatic rings. The lowest BCUT2D eigenvalue weighted by Crippen LogP contribution is -2.22. The van der Waals surface area contributed by atoms with E-state index in [9.17, 15) is 18.0 Å². The Labute approximate surface area is 151 Å². The van der Waals surface area contributed by atoms with E-state index in [1.54, 1.807) is 18.2 Å². The lowest BCUT2D eigenvalue weighted by Gasteiger charge is -2.09. The van der Waals surface area contributed by atoms with Gasteiger partial charge in [-0.15, -0.1) is 11.3 Å². The minimum atomic E-state index is -4.41. The number of thiazole rings is 1. The predicted molar refractivity (Wildman–Crippen MR) is 94.6 cm³/mol. The topological polar surface area (TPSA) is 68.0 Å². The van der Waals surface area contributed by atoms with Crippen molar-refractivity contribution >= 4 is 22.9 Å². The first-order valence-electron chi connectivity index (χ1n) is 7.59. The molecule has 1 aromatic heterocycles. The molecule has 3 aromatic rings. The molecule has 8 heteroatoms. The first-order chi connectivity index (χ1) is 12.3. The Hall–Kier alpha value is -2.87. The number of anilines is 1. The third-order valence-electron chi connectivity index (χ3n) is 3.57. The SMILES string of the molecule is Nc1cccc(-c2ncc(C(=O)NCc3cccc(C(F)(F)F)c3)s2)c1. The average Bonchev–Trinajstić information content (AvgIpc) is 3.09. The van der Waals surface area contributed by atoms with E-state index in [1.165, 1.54) is 29.7 Å². The number of amides is 1. The highest BCUT2D eigenvalue weighted by Crippen LogP contribution is 2.29. The summed E-state index contributed by atoms with van der Waals surface area (Å²) in [4.78, 5) is 16.8. The monoisotopic (exact) mass is 377 g/mol. The zero-order valence-corrected chi connectivity index (χ0v) is 14.2. The van der Waals surface area contributed by atoms with E-state index >= 15 is 0 Å². The molecule has 0 bridgehead atoms. The van der Waals surface area contributed by atoms with E-state index in [2.05, 4.69) is 10.3 Å². The van der Waals surface area contributed by atoms with Gasteiger partial charge in [-0.2, -0.15) is 13.2 Å². The zero-order chi connectivity index (χ0) is 18.7. The van der Waals surface area contributed by atoms with Crippen LogP contribution in [0.2, 0.25) is 0 Å². The molecule has 0 saturated heterocycles. The number of alkyl halides is 3. The lowest BCUT2D eigenvalue weighted by molar-refractivity contribution is -0.137. The van der Waals surface area contributed by atoms with Gasteiger partial charge < -0.3 is 11.1 Å². The molecule has 1 heterocycles. The average molecular weight is 377 g/mol. The maximum absolute atomic E-state index is 12.7. The molecule has 3 rings (SSSR count). The quantitative estimate of drug-likeness (QED) is 0.665. The van der Waals surface area contributed by atoms with Crippen LogP contribution in [0.25, 0.3) is 10.6 Å². The molecule has 3 N–H and O–H groups in total. The number of carbonyl (C=O) groups excluding carboxylic acids is 1. The highest BCUT2D eigenvalue weighted by molar-refractivity contribution is 7.16. The standard InChI is InChI=1S/C18H14F3N3OS/c19-18(20,21)13-5-1-3-11(7-13)9-23-16(25)15-10-24-17(26-15)12-4-2-6-14(22)8-12/h1-8,10H,9,22H2,(H,23,25). The molecule has 0 radical (unpaired) electrons. The van der Waals surface area contributed by atoms with Crippen molar-refractivity contribution in [1.82, 2.24) is 10.3 Å². The molecular formula is C18H14F3N3OS. The van der Waals surface area contributed by atoms with E-state index in [4.69, 9.17) is 5.73 Å². The third kappa shape index (κ3) is 4.20. The van der Waals surface area contributed by atoms with Crippen LogP contribution in [0.4, 0.5) is 18.9 Å². The molecular weight excluding hydrogens is 363 g/mol. The number of benzene rings is 2. The van der Waals surface area contributed by atoms with Gasteiger partial charge in [-0.1, -0.05) is 24.3 Å². The Kier molecular flexibility index (Phi) is 4.94. The fraction of sp³-hybridized carbons (Fsp3) is 0.111. The number of hydrogen-bond acceptors (Lipinski definition) is 4.